The van der Waals surface area contributed by atoms with Crippen molar-refractivity contribution in [1.29, 1.82) is 0 Å². The van der Waals surface area contributed by atoms with E-state index in [0.717, 1.165) is 34.6 Å². The summed E-state index contributed by atoms with van der Waals surface area (Å²) < 4.78 is 6.39. The van der Waals surface area contributed by atoms with Gasteiger partial charge in [-0.3, -0.25) is 9.59 Å². The van der Waals surface area contributed by atoms with Gasteiger partial charge in [0.15, 0.2) is 5.76 Å². The Kier molecular flexibility index (Phi) is 5.26. The van der Waals surface area contributed by atoms with Gasteiger partial charge >= 0.3 is 0 Å². The van der Waals surface area contributed by atoms with Crippen LogP contribution in [0.3, 0.4) is 0 Å². The number of para-hydroxylation sites is 1. The summed E-state index contributed by atoms with van der Waals surface area (Å²) in [5, 5.41) is 4.02. The van der Waals surface area contributed by atoms with E-state index in [0.29, 0.717) is 13.0 Å². The summed E-state index contributed by atoms with van der Waals surface area (Å²) in [5.74, 6) is -0.149. The number of aromatic nitrogens is 1. The normalized spacial score (nSPS) is 16.0. The zero-order valence-corrected chi connectivity index (χ0v) is 17.6. The molecule has 2 aromatic heterocycles. The number of nitrogens with zero attached hydrogens (tertiary/aromatic N) is 2. The molecule has 7 heteroatoms. The standard InChI is InChI=1S/C24H21N3O3S/c28-23(19-6-3-13-27(19)24(29)20-7-4-14-30-20)25-17-11-9-16(10-12-17)15-22-26-18-5-1-2-8-21(18)31-22/h1-2,4-5,7-12,14,19H,3,6,13,15H2,(H,25,28)/t19-/m0/s1. The van der Waals surface area contributed by atoms with Crippen LogP contribution in [0.25, 0.3) is 10.2 Å². The van der Waals surface area contributed by atoms with Gasteiger partial charge in [-0.05, 0) is 54.8 Å². The van der Waals surface area contributed by atoms with Gasteiger partial charge in [0.25, 0.3) is 5.91 Å². The second-order valence-electron chi connectivity index (χ2n) is 7.57. The molecule has 156 valence electrons. The fourth-order valence-corrected chi connectivity index (χ4v) is 4.93. The zero-order valence-electron chi connectivity index (χ0n) is 16.8. The quantitative estimate of drug-likeness (QED) is 0.496. The van der Waals surface area contributed by atoms with Gasteiger partial charge in [-0.15, -0.1) is 11.3 Å². The van der Waals surface area contributed by atoms with Crippen LogP contribution in [0.4, 0.5) is 5.69 Å². The van der Waals surface area contributed by atoms with Gasteiger partial charge in [0.2, 0.25) is 5.91 Å². The minimum absolute atomic E-state index is 0.170. The van der Waals surface area contributed by atoms with Gasteiger partial charge in [-0.1, -0.05) is 24.3 Å². The molecule has 1 N–H and O–H groups in total. The van der Waals surface area contributed by atoms with Crippen LogP contribution in [0.15, 0.2) is 71.3 Å². The van der Waals surface area contributed by atoms with E-state index in [-0.39, 0.29) is 17.6 Å². The minimum atomic E-state index is -0.486. The fraction of sp³-hybridized carbons (Fsp3) is 0.208. The molecule has 0 unspecified atom stereocenters. The third-order valence-electron chi connectivity index (χ3n) is 5.46. The topological polar surface area (TPSA) is 75.4 Å². The zero-order chi connectivity index (χ0) is 21.2. The lowest BCUT2D eigenvalue weighted by molar-refractivity contribution is -0.119. The largest absolute Gasteiger partial charge is 0.459 e. The minimum Gasteiger partial charge on any atom is -0.459 e. The maximum atomic E-state index is 12.8. The van der Waals surface area contributed by atoms with Crippen molar-refractivity contribution < 1.29 is 14.0 Å². The van der Waals surface area contributed by atoms with Crippen LogP contribution in [0.2, 0.25) is 0 Å². The van der Waals surface area contributed by atoms with Crippen molar-refractivity contribution in [3.05, 3.63) is 83.3 Å². The average molecular weight is 432 g/mol. The van der Waals surface area contributed by atoms with Gasteiger partial charge in [-0.2, -0.15) is 0 Å². The van der Waals surface area contributed by atoms with E-state index in [1.165, 1.54) is 11.0 Å². The summed E-state index contributed by atoms with van der Waals surface area (Å²) in [5.41, 5.74) is 2.87. The van der Waals surface area contributed by atoms with Crippen molar-refractivity contribution in [2.45, 2.75) is 25.3 Å². The lowest BCUT2D eigenvalue weighted by Crippen LogP contribution is -2.43. The molecule has 4 aromatic rings. The van der Waals surface area contributed by atoms with Gasteiger partial charge in [-0.25, -0.2) is 4.98 Å². The molecule has 1 aliphatic rings. The number of thiazole rings is 1. The first-order chi connectivity index (χ1) is 15.2. The molecular weight excluding hydrogens is 410 g/mol. The third-order valence-corrected chi connectivity index (χ3v) is 6.50. The molecule has 0 spiro atoms. The van der Waals surface area contributed by atoms with Gasteiger partial charge in [0, 0.05) is 18.7 Å². The highest BCUT2D eigenvalue weighted by molar-refractivity contribution is 7.18. The molecule has 0 aliphatic carbocycles. The fourth-order valence-electron chi connectivity index (χ4n) is 3.93. The first kappa shape index (κ1) is 19.5. The Labute approximate surface area is 183 Å². The number of carbonyl (C=O) groups excluding carboxylic acids is 2. The Bertz CT molecular complexity index is 1180. The number of amides is 2. The van der Waals surface area contributed by atoms with Crippen LogP contribution >= 0.6 is 11.3 Å². The number of likely N-dealkylation sites (tertiary alicyclic amines) is 1. The number of benzene rings is 2. The molecule has 2 amide bonds. The van der Waals surface area contributed by atoms with Crippen molar-refractivity contribution in [2.24, 2.45) is 0 Å². The lowest BCUT2D eigenvalue weighted by atomic mass is 10.1. The molecular formula is C24H21N3O3S. The number of hydrogen-bond acceptors (Lipinski definition) is 5. The highest BCUT2D eigenvalue weighted by atomic mass is 32.1. The summed E-state index contributed by atoms with van der Waals surface area (Å²) in [6.45, 7) is 0.554. The Morgan fingerprint density at radius 1 is 1.10 bits per heavy atom. The van der Waals surface area contributed by atoms with Crippen LogP contribution in [0.1, 0.15) is 34.0 Å². The molecule has 0 bridgehead atoms. The molecule has 1 aliphatic heterocycles. The SMILES string of the molecule is O=C(Nc1ccc(Cc2nc3ccccc3s2)cc1)[C@@H]1CCCN1C(=O)c1ccco1. The number of fused-ring (bicyclic) bond motifs is 1. The molecule has 0 radical (unpaired) electrons. The van der Waals surface area contributed by atoms with Crippen molar-refractivity contribution >= 4 is 39.1 Å². The highest BCUT2D eigenvalue weighted by Crippen LogP contribution is 2.25. The molecule has 31 heavy (non-hydrogen) atoms. The van der Waals surface area contributed by atoms with E-state index >= 15 is 0 Å². The van der Waals surface area contributed by atoms with Crippen LogP contribution in [0.5, 0.6) is 0 Å². The van der Waals surface area contributed by atoms with Crippen molar-refractivity contribution in [2.75, 3.05) is 11.9 Å². The Morgan fingerprint density at radius 2 is 1.94 bits per heavy atom. The maximum absolute atomic E-state index is 12.8. The number of hydrogen-bond donors (Lipinski definition) is 1. The second-order valence-corrected chi connectivity index (χ2v) is 8.69. The smallest absolute Gasteiger partial charge is 0.290 e. The first-order valence-corrected chi connectivity index (χ1v) is 11.1. The van der Waals surface area contributed by atoms with Gasteiger partial charge in [0.1, 0.15) is 6.04 Å². The van der Waals surface area contributed by atoms with Gasteiger partial charge < -0.3 is 14.6 Å². The number of carbonyl (C=O) groups is 2. The van der Waals surface area contributed by atoms with E-state index in [2.05, 4.69) is 16.4 Å². The number of anilines is 1. The average Bonchev–Trinajstić information content (AvgIpc) is 3.54. The summed E-state index contributed by atoms with van der Waals surface area (Å²) in [4.78, 5) is 31.7. The molecule has 0 saturated carbocycles. The van der Waals surface area contributed by atoms with E-state index in [9.17, 15) is 9.59 Å². The summed E-state index contributed by atoms with van der Waals surface area (Å²) in [6, 6.07) is 18.7. The Hall–Kier alpha value is -3.45. The van der Waals surface area contributed by atoms with E-state index in [1.54, 1.807) is 28.4 Å². The van der Waals surface area contributed by atoms with Gasteiger partial charge in [0.05, 0.1) is 21.5 Å². The number of furan rings is 1. The van der Waals surface area contributed by atoms with Crippen molar-refractivity contribution in [3.8, 4) is 0 Å². The van der Waals surface area contributed by atoms with E-state index < -0.39 is 6.04 Å². The third kappa shape index (κ3) is 4.09. The monoisotopic (exact) mass is 431 g/mol. The predicted molar refractivity (Wildman–Crippen MR) is 120 cm³/mol. The lowest BCUT2D eigenvalue weighted by Gasteiger charge is -2.23. The molecule has 3 heterocycles. The van der Waals surface area contributed by atoms with Crippen LogP contribution in [-0.4, -0.2) is 34.3 Å². The Morgan fingerprint density at radius 3 is 2.71 bits per heavy atom. The number of nitrogens with one attached hydrogen (secondary N) is 1. The molecule has 1 atom stereocenters. The van der Waals surface area contributed by atoms with Crippen LogP contribution < -0.4 is 5.32 Å². The highest BCUT2D eigenvalue weighted by Gasteiger charge is 2.35. The van der Waals surface area contributed by atoms with E-state index in [4.69, 9.17) is 4.42 Å². The number of rotatable bonds is 5. The second kappa shape index (κ2) is 8.35. The summed E-state index contributed by atoms with van der Waals surface area (Å²) >= 11 is 1.70. The molecule has 1 saturated heterocycles. The van der Waals surface area contributed by atoms with E-state index in [1.807, 2.05) is 42.5 Å². The molecule has 5 rings (SSSR count). The predicted octanol–water partition coefficient (Wildman–Crippen LogP) is 4.72. The molecule has 6 nitrogen and oxygen atoms in total. The van der Waals surface area contributed by atoms with Crippen LogP contribution in [0, 0.1) is 0 Å². The van der Waals surface area contributed by atoms with Crippen molar-refractivity contribution in [3.63, 3.8) is 0 Å². The molecule has 1 fully saturated rings. The summed E-state index contributed by atoms with van der Waals surface area (Å²) in [6.07, 6.45) is 3.66. The van der Waals surface area contributed by atoms with Crippen LogP contribution in [-0.2, 0) is 11.2 Å². The first-order valence-electron chi connectivity index (χ1n) is 10.3. The summed E-state index contributed by atoms with van der Waals surface area (Å²) in [7, 11) is 0. The maximum Gasteiger partial charge on any atom is 0.290 e. The Balaban J connectivity index is 1.23. The van der Waals surface area contributed by atoms with Crippen molar-refractivity contribution in [1.82, 2.24) is 9.88 Å². The molecule has 2 aromatic carbocycles.